The molecule has 3 aliphatic carbocycles. The number of benzene rings is 1. The van der Waals surface area contributed by atoms with Crippen molar-refractivity contribution in [2.75, 3.05) is 14.2 Å². The van der Waals surface area contributed by atoms with Crippen molar-refractivity contribution in [3.8, 4) is 0 Å². The third-order valence-electron chi connectivity index (χ3n) is 5.47. The number of carbonyl (C=O) groups excluding carboxylic acids is 2. The lowest BCUT2D eigenvalue weighted by Gasteiger charge is -2.71. The van der Waals surface area contributed by atoms with E-state index in [2.05, 4.69) is 4.98 Å². The maximum Gasteiger partial charge on any atom is 0.312 e. The number of carbonyl (C=O) groups is 2. The molecule has 0 radical (unpaired) electrons. The number of hydrogen-bond acceptors (Lipinski definition) is 3. The average Bonchev–Trinajstić information content (AvgIpc) is 2.88. The number of amides is 1. The van der Waals surface area contributed by atoms with Crippen molar-refractivity contribution in [1.82, 2.24) is 9.88 Å². The second-order valence-corrected chi connectivity index (χ2v) is 7.19. The summed E-state index contributed by atoms with van der Waals surface area (Å²) < 4.78 is 4.85. The number of aromatic nitrogens is 1. The van der Waals surface area contributed by atoms with Crippen molar-refractivity contribution >= 4 is 34.4 Å². The maximum absolute atomic E-state index is 12.8. The second kappa shape index (κ2) is 4.51. The van der Waals surface area contributed by atoms with Crippen LogP contribution in [0, 0.1) is 5.41 Å². The van der Waals surface area contributed by atoms with E-state index in [9.17, 15) is 9.59 Å². The molecule has 0 atom stereocenters. The van der Waals surface area contributed by atoms with Crippen molar-refractivity contribution in [1.29, 1.82) is 0 Å². The number of rotatable bonds is 3. The first-order valence-corrected chi connectivity index (χ1v) is 7.92. The summed E-state index contributed by atoms with van der Waals surface area (Å²) in [5.74, 6) is -0.229. The number of methoxy groups -OCH3 is 1. The second-order valence-electron chi connectivity index (χ2n) is 6.78. The van der Waals surface area contributed by atoms with Crippen LogP contribution < -0.4 is 0 Å². The van der Waals surface area contributed by atoms with E-state index in [1.165, 1.54) is 7.11 Å². The Morgan fingerprint density at radius 3 is 2.61 bits per heavy atom. The van der Waals surface area contributed by atoms with Crippen LogP contribution in [0.15, 0.2) is 24.3 Å². The summed E-state index contributed by atoms with van der Waals surface area (Å²) in [5, 5.41) is 1.51. The van der Waals surface area contributed by atoms with E-state index in [1.54, 1.807) is 18.0 Å². The van der Waals surface area contributed by atoms with Gasteiger partial charge in [0.25, 0.3) is 5.91 Å². The fourth-order valence-corrected chi connectivity index (χ4v) is 4.38. The molecule has 1 amide bonds. The number of esters is 1. The van der Waals surface area contributed by atoms with Gasteiger partial charge in [0.2, 0.25) is 0 Å². The van der Waals surface area contributed by atoms with Crippen molar-refractivity contribution in [3.63, 3.8) is 0 Å². The number of nitrogens with zero attached hydrogens (tertiary/aromatic N) is 1. The van der Waals surface area contributed by atoms with Gasteiger partial charge in [0.05, 0.1) is 23.1 Å². The molecule has 1 aromatic heterocycles. The van der Waals surface area contributed by atoms with Crippen molar-refractivity contribution in [2.45, 2.75) is 24.8 Å². The van der Waals surface area contributed by atoms with E-state index in [0.717, 1.165) is 10.9 Å². The number of fused-ring (bicyclic) bond motifs is 1. The Kier molecular flexibility index (Phi) is 2.86. The predicted octanol–water partition coefficient (Wildman–Crippen LogP) is 2.99. The zero-order chi connectivity index (χ0) is 16.4. The summed E-state index contributed by atoms with van der Waals surface area (Å²) in [5.41, 5.74) is 0.737. The van der Waals surface area contributed by atoms with Gasteiger partial charge in [0, 0.05) is 18.0 Å². The SMILES string of the molecule is COC(=O)C12CC(N(C)C(=O)c3cc4cccc(Cl)c4[nH]3)(C1)C2. The Morgan fingerprint density at radius 2 is 2.00 bits per heavy atom. The molecule has 2 bridgehead atoms. The van der Waals surface area contributed by atoms with E-state index >= 15 is 0 Å². The van der Waals surface area contributed by atoms with Gasteiger partial charge < -0.3 is 14.6 Å². The topological polar surface area (TPSA) is 62.4 Å². The number of ether oxygens (including phenoxy) is 1. The summed E-state index contributed by atoms with van der Waals surface area (Å²) in [6, 6.07) is 7.39. The zero-order valence-corrected chi connectivity index (χ0v) is 13.7. The monoisotopic (exact) mass is 332 g/mol. The summed E-state index contributed by atoms with van der Waals surface area (Å²) in [7, 11) is 3.22. The van der Waals surface area contributed by atoms with Crippen LogP contribution in [-0.2, 0) is 9.53 Å². The van der Waals surface area contributed by atoms with E-state index < -0.39 is 0 Å². The lowest BCUT2D eigenvalue weighted by molar-refractivity contribution is -0.221. The molecule has 2 aromatic rings. The first-order chi connectivity index (χ1) is 10.9. The number of H-pyrrole nitrogens is 1. The van der Waals surface area contributed by atoms with Crippen LogP contribution in [0.2, 0.25) is 5.02 Å². The average molecular weight is 333 g/mol. The molecule has 5 rings (SSSR count). The molecule has 5 nitrogen and oxygen atoms in total. The minimum atomic E-state index is -0.354. The van der Waals surface area contributed by atoms with Gasteiger partial charge in [-0.2, -0.15) is 0 Å². The molecular formula is C17H17ClN2O3. The zero-order valence-electron chi connectivity index (χ0n) is 13.0. The number of nitrogens with one attached hydrogen (secondary N) is 1. The molecule has 0 spiro atoms. The fraction of sp³-hybridized carbons (Fsp3) is 0.412. The minimum absolute atomic E-state index is 0.0737. The Morgan fingerprint density at radius 1 is 1.30 bits per heavy atom. The highest BCUT2D eigenvalue weighted by Gasteiger charge is 2.74. The Balaban J connectivity index is 1.56. The first-order valence-electron chi connectivity index (χ1n) is 7.55. The predicted molar refractivity (Wildman–Crippen MR) is 86.4 cm³/mol. The van der Waals surface area contributed by atoms with Crippen LogP contribution >= 0.6 is 11.6 Å². The van der Waals surface area contributed by atoms with Gasteiger partial charge in [-0.15, -0.1) is 0 Å². The van der Waals surface area contributed by atoms with E-state index in [4.69, 9.17) is 16.3 Å². The largest absolute Gasteiger partial charge is 0.469 e. The lowest BCUT2D eigenvalue weighted by Crippen LogP contribution is -2.77. The summed E-state index contributed by atoms with van der Waals surface area (Å²) in [4.78, 5) is 29.4. The summed E-state index contributed by atoms with van der Waals surface area (Å²) >= 11 is 6.15. The fourth-order valence-electron chi connectivity index (χ4n) is 4.15. The van der Waals surface area contributed by atoms with E-state index in [0.29, 0.717) is 30.0 Å². The van der Waals surface area contributed by atoms with E-state index in [1.807, 2.05) is 18.2 Å². The quantitative estimate of drug-likeness (QED) is 0.879. The molecule has 0 saturated heterocycles. The summed E-state index contributed by atoms with van der Waals surface area (Å²) in [6.07, 6.45) is 2.07. The van der Waals surface area contributed by atoms with Crippen LogP contribution in [-0.4, -0.2) is 41.5 Å². The van der Waals surface area contributed by atoms with Crippen LogP contribution in [0.1, 0.15) is 29.8 Å². The normalized spacial score (nSPS) is 28.0. The van der Waals surface area contributed by atoms with Gasteiger partial charge in [0.15, 0.2) is 0 Å². The molecular weight excluding hydrogens is 316 g/mol. The Labute approximate surface area is 138 Å². The highest BCUT2D eigenvalue weighted by Crippen LogP contribution is 2.70. The van der Waals surface area contributed by atoms with Crippen LogP contribution in [0.25, 0.3) is 10.9 Å². The third-order valence-corrected chi connectivity index (χ3v) is 5.79. The molecule has 3 aliphatic rings. The first kappa shape index (κ1) is 14.6. The molecule has 120 valence electrons. The van der Waals surface area contributed by atoms with Crippen LogP contribution in [0.3, 0.4) is 0 Å². The number of para-hydroxylation sites is 1. The molecule has 6 heteroatoms. The molecule has 0 unspecified atom stereocenters. The highest BCUT2D eigenvalue weighted by atomic mass is 35.5. The molecule has 0 aliphatic heterocycles. The van der Waals surface area contributed by atoms with Crippen molar-refractivity contribution in [3.05, 3.63) is 35.0 Å². The van der Waals surface area contributed by atoms with Crippen LogP contribution in [0.4, 0.5) is 0 Å². The number of hydrogen-bond donors (Lipinski definition) is 1. The molecule has 23 heavy (non-hydrogen) atoms. The Hall–Kier alpha value is -2.01. The summed E-state index contributed by atoms with van der Waals surface area (Å²) in [6.45, 7) is 0. The van der Waals surface area contributed by atoms with Gasteiger partial charge in [0.1, 0.15) is 5.69 Å². The maximum atomic E-state index is 12.8. The van der Waals surface area contributed by atoms with Crippen molar-refractivity contribution in [2.24, 2.45) is 5.41 Å². The van der Waals surface area contributed by atoms with Gasteiger partial charge in [-0.3, -0.25) is 9.59 Å². The molecule has 3 fully saturated rings. The molecule has 1 heterocycles. The standard InChI is InChI=1S/C17H17ClN2O3/c1-20(17-7-16(8-17,9-17)15(22)23-2)14(21)12-6-10-4-3-5-11(18)13(10)19-12/h3-6,19H,7-9H2,1-2H3. The third kappa shape index (κ3) is 1.80. The van der Waals surface area contributed by atoms with E-state index in [-0.39, 0.29) is 22.8 Å². The van der Waals surface area contributed by atoms with Gasteiger partial charge in [-0.25, -0.2) is 0 Å². The van der Waals surface area contributed by atoms with Crippen molar-refractivity contribution < 1.29 is 14.3 Å². The van der Waals surface area contributed by atoms with Gasteiger partial charge >= 0.3 is 5.97 Å². The molecule has 1 N–H and O–H groups in total. The molecule has 3 saturated carbocycles. The number of aromatic amines is 1. The minimum Gasteiger partial charge on any atom is -0.469 e. The smallest absolute Gasteiger partial charge is 0.312 e. The Bertz CT molecular complexity index is 822. The van der Waals surface area contributed by atoms with Gasteiger partial charge in [-0.05, 0) is 31.4 Å². The van der Waals surface area contributed by atoms with Crippen LogP contribution in [0.5, 0.6) is 0 Å². The lowest BCUT2D eigenvalue weighted by atomic mass is 9.39. The highest BCUT2D eigenvalue weighted by molar-refractivity contribution is 6.35. The van der Waals surface area contributed by atoms with Gasteiger partial charge in [-0.1, -0.05) is 23.7 Å². The number of halogens is 1. The molecule has 1 aromatic carbocycles.